The smallest absolute Gasteiger partial charge is 0.326 e. The third-order valence-electron chi connectivity index (χ3n) is 2.75. The number of imidazole rings is 1. The van der Waals surface area contributed by atoms with Crippen molar-refractivity contribution in [3.63, 3.8) is 0 Å². The van der Waals surface area contributed by atoms with Crippen LogP contribution < -0.4 is 10.6 Å². The molecule has 0 saturated heterocycles. The highest BCUT2D eigenvalue weighted by molar-refractivity contribution is 5.83. The first-order chi connectivity index (χ1) is 9.93. The molecule has 0 saturated carbocycles. The van der Waals surface area contributed by atoms with E-state index in [2.05, 4.69) is 25.3 Å². The number of amides is 2. The summed E-state index contributed by atoms with van der Waals surface area (Å²) in [4.78, 5) is 40.6. The molecule has 4 N–H and O–H groups in total. The molecule has 0 aliphatic carbocycles. The van der Waals surface area contributed by atoms with Crippen LogP contribution in [0, 0.1) is 0 Å². The summed E-state index contributed by atoms with van der Waals surface area (Å²) in [6, 6.07) is -2.24. The highest BCUT2D eigenvalue weighted by Crippen LogP contribution is 2.05. The van der Waals surface area contributed by atoms with E-state index in [4.69, 9.17) is 5.11 Å². The van der Waals surface area contributed by atoms with Crippen molar-refractivity contribution >= 4 is 18.0 Å². The topological polar surface area (TPSA) is 133 Å². The van der Waals surface area contributed by atoms with Gasteiger partial charge in [0.2, 0.25) is 0 Å². The van der Waals surface area contributed by atoms with Gasteiger partial charge in [-0.25, -0.2) is 14.6 Å². The van der Waals surface area contributed by atoms with Crippen LogP contribution in [-0.4, -0.2) is 46.2 Å². The van der Waals surface area contributed by atoms with Gasteiger partial charge in [-0.2, -0.15) is 0 Å². The predicted octanol–water partition coefficient (Wildman–Crippen LogP) is 0.176. The third kappa shape index (κ3) is 5.51. The van der Waals surface area contributed by atoms with Gasteiger partial charge < -0.3 is 25.5 Å². The van der Waals surface area contributed by atoms with Crippen molar-refractivity contribution < 1.29 is 24.2 Å². The monoisotopic (exact) mass is 298 g/mol. The van der Waals surface area contributed by atoms with Crippen LogP contribution in [0.4, 0.5) is 4.79 Å². The number of aromatic nitrogens is 2. The highest BCUT2D eigenvalue weighted by Gasteiger charge is 2.22. The van der Waals surface area contributed by atoms with Crippen LogP contribution in [0.15, 0.2) is 12.4 Å². The molecule has 1 heterocycles. The zero-order valence-electron chi connectivity index (χ0n) is 11.8. The number of aliphatic carboxylic acids is 1. The minimum Gasteiger partial charge on any atom is -0.480 e. The Bertz CT molecular complexity index is 488. The van der Waals surface area contributed by atoms with Crippen LogP contribution in [0.5, 0.6) is 0 Å². The Morgan fingerprint density at radius 2 is 2.14 bits per heavy atom. The first kappa shape index (κ1) is 16.5. The van der Waals surface area contributed by atoms with E-state index in [0.717, 1.165) is 0 Å². The van der Waals surface area contributed by atoms with E-state index in [0.29, 0.717) is 5.82 Å². The van der Waals surface area contributed by atoms with Crippen LogP contribution >= 0.6 is 0 Å². The summed E-state index contributed by atoms with van der Waals surface area (Å²) in [6.45, 7) is 1.70. The molecular weight excluding hydrogens is 280 g/mol. The number of hydrogen-bond donors (Lipinski definition) is 4. The average molecular weight is 298 g/mol. The lowest BCUT2D eigenvalue weighted by atomic mass is 10.1. The summed E-state index contributed by atoms with van der Waals surface area (Å²) in [5.74, 6) is -1.21. The number of ether oxygens (including phenoxy) is 1. The van der Waals surface area contributed by atoms with E-state index in [-0.39, 0.29) is 12.8 Å². The summed E-state index contributed by atoms with van der Waals surface area (Å²) in [6.07, 6.45) is 3.01. The summed E-state index contributed by atoms with van der Waals surface area (Å²) in [5.41, 5.74) is 0. The van der Waals surface area contributed by atoms with Gasteiger partial charge in [0.15, 0.2) is 0 Å². The zero-order chi connectivity index (χ0) is 15.8. The van der Waals surface area contributed by atoms with Gasteiger partial charge in [-0.3, -0.25) is 4.79 Å². The molecule has 21 heavy (non-hydrogen) atoms. The molecule has 0 fully saturated rings. The van der Waals surface area contributed by atoms with Crippen LogP contribution in [-0.2, 0) is 14.3 Å². The van der Waals surface area contributed by atoms with Gasteiger partial charge in [-0.15, -0.1) is 0 Å². The molecule has 0 aliphatic rings. The maximum absolute atomic E-state index is 11.7. The van der Waals surface area contributed by atoms with E-state index in [1.54, 1.807) is 19.3 Å². The molecule has 0 aromatic carbocycles. The average Bonchev–Trinajstić information content (AvgIpc) is 2.96. The summed E-state index contributed by atoms with van der Waals surface area (Å²) >= 11 is 0. The fraction of sp³-hybridized carbons (Fsp3) is 0.500. The van der Waals surface area contributed by atoms with Gasteiger partial charge >= 0.3 is 18.0 Å². The van der Waals surface area contributed by atoms with Crippen molar-refractivity contribution in [1.82, 2.24) is 20.6 Å². The third-order valence-corrected chi connectivity index (χ3v) is 2.75. The fourth-order valence-electron chi connectivity index (χ4n) is 1.60. The Morgan fingerprint density at radius 1 is 1.43 bits per heavy atom. The SMILES string of the molecule is COC(=O)CC[C@@H](NC(=O)NC(C)c1ncc[nH]1)C(=O)O. The molecule has 0 aliphatic heterocycles. The number of esters is 1. The summed E-state index contributed by atoms with van der Waals surface area (Å²) in [5, 5.41) is 13.8. The lowest BCUT2D eigenvalue weighted by Crippen LogP contribution is -2.46. The molecule has 0 bridgehead atoms. The molecule has 9 nitrogen and oxygen atoms in total. The van der Waals surface area contributed by atoms with Gasteiger partial charge in [0.25, 0.3) is 0 Å². The predicted molar refractivity (Wildman–Crippen MR) is 71.3 cm³/mol. The molecule has 1 aromatic heterocycles. The number of rotatable bonds is 7. The molecule has 116 valence electrons. The number of carbonyl (C=O) groups excluding carboxylic acids is 2. The molecule has 1 rings (SSSR count). The number of methoxy groups -OCH3 is 1. The Labute approximate surface area is 121 Å². The van der Waals surface area contributed by atoms with Crippen LogP contribution in [0.3, 0.4) is 0 Å². The number of carboxylic acid groups (broad SMARTS) is 1. The van der Waals surface area contributed by atoms with Crippen molar-refractivity contribution in [3.8, 4) is 0 Å². The number of carbonyl (C=O) groups is 3. The van der Waals surface area contributed by atoms with Gasteiger partial charge in [0.05, 0.1) is 13.2 Å². The number of carboxylic acids is 1. The number of urea groups is 1. The largest absolute Gasteiger partial charge is 0.480 e. The van der Waals surface area contributed by atoms with Crippen LogP contribution in [0.2, 0.25) is 0 Å². The van der Waals surface area contributed by atoms with Crippen molar-refractivity contribution in [2.75, 3.05) is 7.11 Å². The van der Waals surface area contributed by atoms with Gasteiger partial charge in [-0.1, -0.05) is 0 Å². The first-order valence-corrected chi connectivity index (χ1v) is 6.30. The van der Waals surface area contributed by atoms with E-state index in [9.17, 15) is 14.4 Å². The molecule has 9 heteroatoms. The molecule has 0 spiro atoms. The van der Waals surface area contributed by atoms with E-state index < -0.39 is 30.1 Å². The highest BCUT2D eigenvalue weighted by atomic mass is 16.5. The Balaban J connectivity index is 2.48. The lowest BCUT2D eigenvalue weighted by molar-refractivity contribution is -0.142. The van der Waals surface area contributed by atoms with Crippen molar-refractivity contribution in [2.24, 2.45) is 0 Å². The first-order valence-electron chi connectivity index (χ1n) is 6.30. The maximum atomic E-state index is 11.7. The number of hydrogen-bond acceptors (Lipinski definition) is 5. The van der Waals surface area contributed by atoms with Crippen LogP contribution in [0.1, 0.15) is 31.6 Å². The van der Waals surface area contributed by atoms with Gasteiger partial charge in [-0.05, 0) is 13.3 Å². The number of nitrogens with one attached hydrogen (secondary N) is 3. The number of H-pyrrole nitrogens is 1. The Morgan fingerprint density at radius 3 is 2.67 bits per heavy atom. The second-order valence-corrected chi connectivity index (χ2v) is 4.32. The minimum atomic E-state index is -1.22. The van der Waals surface area contributed by atoms with Crippen molar-refractivity contribution in [2.45, 2.75) is 31.8 Å². The molecule has 2 amide bonds. The summed E-state index contributed by atoms with van der Waals surface area (Å²) in [7, 11) is 1.21. The molecule has 0 radical (unpaired) electrons. The molecule has 1 unspecified atom stereocenters. The standard InChI is InChI=1S/C12H18N4O5/c1-7(10-13-5-6-14-10)15-12(20)16-8(11(18)19)3-4-9(17)21-2/h5-8H,3-4H2,1-2H3,(H,13,14)(H,18,19)(H2,15,16,20)/t7?,8-/m1/s1. The molecule has 2 atom stereocenters. The number of aromatic amines is 1. The van der Waals surface area contributed by atoms with E-state index >= 15 is 0 Å². The molecule has 1 aromatic rings. The quantitative estimate of drug-likeness (QED) is 0.530. The lowest BCUT2D eigenvalue weighted by Gasteiger charge is -2.17. The Hall–Kier alpha value is -2.58. The van der Waals surface area contributed by atoms with E-state index in [1.165, 1.54) is 7.11 Å². The molecular formula is C12H18N4O5. The number of nitrogens with zero attached hydrogens (tertiary/aromatic N) is 1. The maximum Gasteiger partial charge on any atom is 0.326 e. The van der Waals surface area contributed by atoms with Crippen molar-refractivity contribution in [1.29, 1.82) is 0 Å². The fourth-order valence-corrected chi connectivity index (χ4v) is 1.60. The Kier molecular flexibility index (Phi) is 6.18. The van der Waals surface area contributed by atoms with Gasteiger partial charge in [0, 0.05) is 18.8 Å². The zero-order valence-corrected chi connectivity index (χ0v) is 11.8. The van der Waals surface area contributed by atoms with Crippen LogP contribution in [0.25, 0.3) is 0 Å². The van der Waals surface area contributed by atoms with E-state index in [1.807, 2.05) is 0 Å². The normalized spacial score (nSPS) is 13.0. The van der Waals surface area contributed by atoms with Gasteiger partial charge in [0.1, 0.15) is 11.9 Å². The van der Waals surface area contributed by atoms with Crippen molar-refractivity contribution in [3.05, 3.63) is 18.2 Å². The second kappa shape index (κ2) is 7.88. The second-order valence-electron chi connectivity index (χ2n) is 4.32. The minimum absolute atomic E-state index is 0.0510. The summed E-state index contributed by atoms with van der Waals surface area (Å²) < 4.78 is 4.43.